The van der Waals surface area contributed by atoms with E-state index in [2.05, 4.69) is 6.58 Å². The summed E-state index contributed by atoms with van der Waals surface area (Å²) in [6.07, 6.45) is 0.750. The van der Waals surface area contributed by atoms with E-state index in [0.717, 1.165) is 34.0 Å². The van der Waals surface area contributed by atoms with Gasteiger partial charge in [-0.3, -0.25) is 19.2 Å². The molecule has 0 aromatic heterocycles. The fraction of sp³-hybridized carbons (Fsp3) is 0.400. The molecule has 0 aromatic rings. The number of carboxylic acid groups (broad SMARTS) is 4. The van der Waals surface area contributed by atoms with E-state index in [4.69, 9.17) is 44.7 Å². The third kappa shape index (κ3) is 577. The summed E-state index contributed by atoms with van der Waals surface area (Å²) in [4.78, 5) is 36.0. The van der Waals surface area contributed by atoms with Crippen LogP contribution in [0.4, 0.5) is 0 Å². The maximum atomic E-state index is 9.00. The normalized spacial score (nSPS) is 5.33. The maximum absolute atomic E-state index is 9.00. The second kappa shape index (κ2) is 43.3. The molecule has 0 radical (unpaired) electrons. The second-order valence-electron chi connectivity index (χ2n) is 2.26. The van der Waals surface area contributed by atoms with Gasteiger partial charge >= 0.3 is 0 Å². The molecule has 0 unspecified atom stereocenters. The third-order valence-corrected chi connectivity index (χ3v) is 0. The summed E-state index contributed by atoms with van der Waals surface area (Å²) in [5.74, 6) is -3.33. The van der Waals surface area contributed by atoms with Gasteiger partial charge in [-0.2, -0.15) is 0 Å². The summed E-state index contributed by atoms with van der Waals surface area (Å²) >= 11 is 0. The Balaban J connectivity index is -0.0000000229. The highest BCUT2D eigenvalue weighted by Gasteiger charge is 1.66. The maximum Gasteiger partial charge on any atom is 0.300 e. The Kier molecular flexibility index (Phi) is 88.4. The van der Waals surface area contributed by atoms with Gasteiger partial charge in [0.15, 0.2) is 0 Å². The van der Waals surface area contributed by atoms with Crippen LogP contribution in [-0.2, 0) is 19.2 Å². The lowest BCUT2D eigenvalue weighted by molar-refractivity contribution is -0.135. The zero-order chi connectivity index (χ0) is 17.0. The number of hydrogen-bond acceptors (Lipinski definition) is 7. The first-order valence-corrected chi connectivity index (χ1v) is 4.38. The van der Waals surface area contributed by atoms with Gasteiger partial charge in [0, 0.05) is 27.7 Å². The molecule has 21 heavy (non-hydrogen) atoms. The van der Waals surface area contributed by atoms with Crippen LogP contribution in [0, 0.1) is 0 Å². The zero-order valence-corrected chi connectivity index (χ0v) is 12.6. The van der Waals surface area contributed by atoms with Crippen LogP contribution in [0.2, 0.25) is 0 Å². The lowest BCUT2D eigenvalue weighted by Crippen LogP contribution is -1.78. The molecule has 0 amide bonds. The molecule has 11 heteroatoms. The fourth-order valence-electron chi connectivity index (χ4n) is 0. The van der Waals surface area contributed by atoms with Crippen LogP contribution >= 0.6 is 0 Å². The number of hydrogen-bond donors (Lipinski definition) is 7. The molecule has 0 rings (SSSR count). The highest BCUT2D eigenvalue weighted by atomic mass is 16.4. The predicted octanol–water partition coefficient (Wildman–Crippen LogP) is 1.38. The molecule has 0 aromatic carbocycles. The molecule has 0 saturated heterocycles. The van der Waals surface area contributed by atoms with Crippen LogP contribution in [0.3, 0.4) is 0 Å². The van der Waals surface area contributed by atoms with Crippen LogP contribution in [0.15, 0.2) is 12.8 Å². The van der Waals surface area contributed by atoms with E-state index >= 15 is 0 Å². The average molecular weight is 318 g/mol. The molecule has 0 saturated carbocycles. The van der Waals surface area contributed by atoms with Crippen molar-refractivity contribution >= 4 is 23.9 Å². The molecule has 130 valence electrons. The molecule has 0 atom stereocenters. The van der Waals surface area contributed by atoms with Crippen molar-refractivity contribution in [3.8, 4) is 0 Å². The largest absolute Gasteiger partial charge is 0.516 e. The lowest BCUT2D eigenvalue weighted by Gasteiger charge is -1.59. The van der Waals surface area contributed by atoms with E-state index in [9.17, 15) is 0 Å². The summed E-state index contributed by atoms with van der Waals surface area (Å²) in [6.45, 7) is 7.25. The van der Waals surface area contributed by atoms with E-state index < -0.39 is 23.9 Å². The monoisotopic (exact) mass is 318 g/mol. The van der Waals surface area contributed by atoms with Crippen molar-refractivity contribution in [1.29, 1.82) is 0 Å². The number of aliphatic carboxylic acids is 4. The van der Waals surface area contributed by atoms with Gasteiger partial charge in [-0.1, -0.05) is 6.58 Å². The van der Waals surface area contributed by atoms with E-state index in [1.807, 2.05) is 0 Å². The van der Waals surface area contributed by atoms with Gasteiger partial charge in [0.05, 0.1) is 6.26 Å². The molecular weight excluding hydrogens is 292 g/mol. The van der Waals surface area contributed by atoms with Gasteiger partial charge in [-0.05, 0) is 0 Å². The number of aliphatic hydroxyl groups is 1. The molecule has 0 aliphatic carbocycles. The minimum absolute atomic E-state index is 0. The quantitative estimate of drug-likeness (QED) is 0.314. The van der Waals surface area contributed by atoms with Crippen molar-refractivity contribution in [2.45, 2.75) is 27.7 Å². The minimum Gasteiger partial charge on any atom is -0.516 e. The molecule has 11 nitrogen and oxygen atoms in total. The number of carboxylic acids is 4. The molecular formula is C10H26N2O9. The minimum atomic E-state index is -0.833. The van der Waals surface area contributed by atoms with Crippen LogP contribution in [-0.4, -0.2) is 49.4 Å². The summed E-state index contributed by atoms with van der Waals surface area (Å²) in [5, 5.41) is 37.0. The topological polar surface area (TPSA) is 239 Å². The van der Waals surface area contributed by atoms with Gasteiger partial charge in [-0.15, -0.1) is 0 Å². The molecule has 0 bridgehead atoms. The van der Waals surface area contributed by atoms with E-state index in [0.29, 0.717) is 0 Å². The summed E-state index contributed by atoms with van der Waals surface area (Å²) in [6, 6.07) is 0. The Morgan fingerprint density at radius 3 is 0.667 bits per heavy atom. The van der Waals surface area contributed by atoms with Crippen LogP contribution in [0.1, 0.15) is 27.7 Å². The summed E-state index contributed by atoms with van der Waals surface area (Å²) < 4.78 is 0. The zero-order valence-electron chi connectivity index (χ0n) is 12.6. The van der Waals surface area contributed by atoms with E-state index in [1.54, 1.807) is 0 Å². The van der Waals surface area contributed by atoms with Gasteiger partial charge < -0.3 is 37.8 Å². The molecule has 0 spiro atoms. The smallest absolute Gasteiger partial charge is 0.300 e. The molecule has 0 aliphatic heterocycles. The van der Waals surface area contributed by atoms with Crippen LogP contribution < -0.4 is 12.3 Å². The first kappa shape index (κ1) is 42.9. The summed E-state index contributed by atoms with van der Waals surface area (Å²) in [7, 11) is 0. The number of carbonyl (C=O) groups is 4. The molecule has 11 N–H and O–H groups in total. The molecule has 0 fully saturated rings. The van der Waals surface area contributed by atoms with Crippen LogP contribution in [0.25, 0.3) is 0 Å². The van der Waals surface area contributed by atoms with Crippen molar-refractivity contribution in [3.63, 3.8) is 0 Å². The first-order chi connectivity index (χ1) is 8.34. The molecule has 0 aliphatic rings. The third-order valence-electron chi connectivity index (χ3n) is 0. The van der Waals surface area contributed by atoms with Crippen molar-refractivity contribution in [3.05, 3.63) is 12.8 Å². The standard InChI is InChI=1S/4C2H4O2.C2H4O.2H3N/c4*1-2(3)4;1-2-3;;/h4*1H3,(H,3,4);2-3H,1H2;2*1H3. The predicted molar refractivity (Wildman–Crippen MR) is 76.1 cm³/mol. The van der Waals surface area contributed by atoms with Crippen LogP contribution in [0.5, 0.6) is 0 Å². The molecule has 0 heterocycles. The van der Waals surface area contributed by atoms with Gasteiger partial charge in [0.1, 0.15) is 0 Å². The van der Waals surface area contributed by atoms with Gasteiger partial charge in [-0.25, -0.2) is 0 Å². The van der Waals surface area contributed by atoms with Crippen molar-refractivity contribution < 1.29 is 44.7 Å². The fourth-order valence-corrected chi connectivity index (χ4v) is 0. The highest BCUT2D eigenvalue weighted by Crippen LogP contribution is 1.43. The van der Waals surface area contributed by atoms with Crippen molar-refractivity contribution in [2.75, 3.05) is 0 Å². The van der Waals surface area contributed by atoms with Crippen molar-refractivity contribution in [1.82, 2.24) is 12.3 Å². The van der Waals surface area contributed by atoms with Gasteiger partial charge in [0.25, 0.3) is 23.9 Å². The second-order valence-corrected chi connectivity index (χ2v) is 2.26. The first-order valence-electron chi connectivity index (χ1n) is 4.38. The Morgan fingerprint density at radius 1 is 0.667 bits per heavy atom. The lowest BCUT2D eigenvalue weighted by atomic mass is 10.9. The Bertz CT molecular complexity index is 203. The Labute approximate surface area is 122 Å². The SMILES string of the molecule is C=CO.CC(=O)O.CC(=O)O.CC(=O)O.CC(=O)O.N.N. The summed E-state index contributed by atoms with van der Waals surface area (Å²) in [5.41, 5.74) is 0. The van der Waals surface area contributed by atoms with Crippen molar-refractivity contribution in [2.24, 2.45) is 0 Å². The Hall–Kier alpha value is -2.66. The average Bonchev–Trinajstić information content (AvgIpc) is 1.97. The Morgan fingerprint density at radius 2 is 0.667 bits per heavy atom. The number of aliphatic hydroxyl groups excluding tert-OH is 1. The van der Waals surface area contributed by atoms with E-state index in [1.165, 1.54) is 0 Å². The van der Waals surface area contributed by atoms with Gasteiger partial charge in [0.2, 0.25) is 0 Å². The number of rotatable bonds is 0. The van der Waals surface area contributed by atoms with E-state index in [-0.39, 0.29) is 12.3 Å². The highest BCUT2D eigenvalue weighted by molar-refractivity contribution is 5.63.